The van der Waals surface area contributed by atoms with Gasteiger partial charge in [-0.2, -0.15) is 0 Å². The van der Waals surface area contributed by atoms with E-state index in [9.17, 15) is 9.59 Å². The monoisotopic (exact) mass is 422 g/mol. The molecule has 0 unspecified atom stereocenters. The highest BCUT2D eigenvalue weighted by molar-refractivity contribution is 6.14. The Labute approximate surface area is 181 Å². The summed E-state index contributed by atoms with van der Waals surface area (Å²) in [5.74, 6) is -0.777. The summed E-state index contributed by atoms with van der Waals surface area (Å²) >= 11 is 0. The zero-order valence-electron chi connectivity index (χ0n) is 18.0. The lowest BCUT2D eigenvalue weighted by atomic mass is 9.97. The van der Waals surface area contributed by atoms with E-state index >= 15 is 0 Å². The molecule has 3 aromatic rings. The molecule has 31 heavy (non-hydrogen) atoms. The number of fused-ring (bicyclic) bond motifs is 1. The number of esters is 2. The Kier molecular flexibility index (Phi) is 7.49. The van der Waals surface area contributed by atoms with E-state index in [4.69, 9.17) is 18.9 Å². The molecule has 0 bridgehead atoms. The molecule has 0 atom stereocenters. The van der Waals surface area contributed by atoms with Crippen molar-refractivity contribution in [3.8, 4) is 11.5 Å². The molecule has 0 amide bonds. The first-order chi connectivity index (χ1) is 15.1. The van der Waals surface area contributed by atoms with E-state index in [2.05, 4.69) is 0 Å². The molecule has 0 radical (unpaired) electrons. The molecule has 3 aromatic carbocycles. The molecule has 0 aliphatic rings. The Morgan fingerprint density at radius 2 is 1.13 bits per heavy atom. The van der Waals surface area contributed by atoms with Crippen LogP contribution in [0.1, 0.15) is 47.1 Å². The molecule has 162 valence electrons. The molecule has 6 nitrogen and oxygen atoms in total. The third-order valence-electron chi connectivity index (χ3n) is 4.59. The van der Waals surface area contributed by atoms with E-state index in [1.54, 1.807) is 13.8 Å². The van der Waals surface area contributed by atoms with Gasteiger partial charge >= 0.3 is 11.9 Å². The fraction of sp³-hybridized carbons (Fsp3) is 0.280. The van der Waals surface area contributed by atoms with Crippen molar-refractivity contribution in [3.05, 3.63) is 71.3 Å². The fourth-order valence-electron chi connectivity index (χ4n) is 3.35. The summed E-state index contributed by atoms with van der Waals surface area (Å²) in [4.78, 5) is 26.0. The lowest BCUT2D eigenvalue weighted by Gasteiger charge is -2.20. The second-order valence-electron chi connectivity index (χ2n) is 6.60. The molecule has 0 heterocycles. The lowest BCUT2D eigenvalue weighted by Crippen LogP contribution is -2.18. The number of hydrogen-bond acceptors (Lipinski definition) is 6. The molecule has 0 aliphatic heterocycles. The number of rotatable bonds is 9. The van der Waals surface area contributed by atoms with Crippen LogP contribution in [0.4, 0.5) is 0 Å². The number of benzene rings is 3. The van der Waals surface area contributed by atoms with Gasteiger partial charge < -0.3 is 18.9 Å². The molecule has 0 saturated carbocycles. The number of carbonyl (C=O) groups is 2. The van der Waals surface area contributed by atoms with Crippen molar-refractivity contribution in [1.82, 2.24) is 0 Å². The maximum Gasteiger partial charge on any atom is 0.342 e. The van der Waals surface area contributed by atoms with Gasteiger partial charge in [-0.15, -0.1) is 0 Å². The Hall–Kier alpha value is -3.54. The van der Waals surface area contributed by atoms with E-state index in [-0.39, 0.29) is 42.4 Å². The van der Waals surface area contributed by atoms with Gasteiger partial charge in [-0.05, 0) is 26.3 Å². The van der Waals surface area contributed by atoms with Crippen molar-refractivity contribution in [2.75, 3.05) is 19.8 Å². The van der Waals surface area contributed by atoms with Crippen LogP contribution >= 0.6 is 0 Å². The summed E-state index contributed by atoms with van der Waals surface area (Å²) in [5.41, 5.74) is 0.954. The van der Waals surface area contributed by atoms with Gasteiger partial charge in [0.05, 0.1) is 19.8 Å². The summed E-state index contributed by atoms with van der Waals surface area (Å²) in [6.07, 6.45) is 0. The first-order valence-corrected chi connectivity index (χ1v) is 10.3. The van der Waals surface area contributed by atoms with Crippen molar-refractivity contribution in [2.45, 2.75) is 27.4 Å². The summed E-state index contributed by atoms with van der Waals surface area (Å²) in [7, 11) is 0. The minimum Gasteiger partial charge on any atom is -0.492 e. The third kappa shape index (κ3) is 4.79. The van der Waals surface area contributed by atoms with Crippen LogP contribution in [-0.2, 0) is 16.1 Å². The Balaban J connectivity index is 2.29. The summed E-state index contributed by atoms with van der Waals surface area (Å²) in [5, 5.41) is 1.31. The zero-order valence-corrected chi connectivity index (χ0v) is 18.0. The Morgan fingerprint density at radius 1 is 0.645 bits per heavy atom. The van der Waals surface area contributed by atoms with Gasteiger partial charge in [-0.1, -0.05) is 54.6 Å². The van der Waals surface area contributed by atoms with Crippen LogP contribution in [0.2, 0.25) is 0 Å². The summed E-state index contributed by atoms with van der Waals surface area (Å²) in [6, 6.07) is 16.9. The molecule has 0 saturated heterocycles. The molecule has 0 aliphatic carbocycles. The molecule has 0 N–H and O–H groups in total. The minimum absolute atomic E-state index is 0.0124. The van der Waals surface area contributed by atoms with Crippen molar-refractivity contribution < 1.29 is 28.5 Å². The lowest BCUT2D eigenvalue weighted by molar-refractivity contribution is 0.0471. The predicted octanol–water partition coefficient (Wildman–Crippen LogP) is 5.17. The first-order valence-electron chi connectivity index (χ1n) is 10.3. The number of carbonyl (C=O) groups excluding carboxylic acids is 2. The highest BCUT2D eigenvalue weighted by Gasteiger charge is 2.32. The van der Waals surface area contributed by atoms with Gasteiger partial charge in [0.1, 0.15) is 29.2 Å². The predicted molar refractivity (Wildman–Crippen MR) is 118 cm³/mol. The van der Waals surface area contributed by atoms with Crippen LogP contribution in [-0.4, -0.2) is 31.8 Å². The van der Waals surface area contributed by atoms with Crippen LogP contribution in [0.5, 0.6) is 11.5 Å². The van der Waals surface area contributed by atoms with Gasteiger partial charge in [-0.3, -0.25) is 0 Å². The van der Waals surface area contributed by atoms with Crippen LogP contribution < -0.4 is 9.47 Å². The molecule has 0 fully saturated rings. The number of hydrogen-bond donors (Lipinski definition) is 0. The largest absolute Gasteiger partial charge is 0.492 e. The average molecular weight is 422 g/mol. The second-order valence-corrected chi connectivity index (χ2v) is 6.60. The Morgan fingerprint density at radius 3 is 1.61 bits per heavy atom. The average Bonchev–Trinajstić information content (AvgIpc) is 2.79. The van der Waals surface area contributed by atoms with Gasteiger partial charge in [-0.25, -0.2) is 9.59 Å². The quantitative estimate of drug-likeness (QED) is 0.443. The maximum absolute atomic E-state index is 13.0. The van der Waals surface area contributed by atoms with E-state index < -0.39 is 11.9 Å². The summed E-state index contributed by atoms with van der Waals surface area (Å²) < 4.78 is 22.5. The first kappa shape index (κ1) is 22.2. The molecular weight excluding hydrogens is 396 g/mol. The van der Waals surface area contributed by atoms with E-state index in [0.717, 1.165) is 5.56 Å². The van der Waals surface area contributed by atoms with Crippen LogP contribution in [0.25, 0.3) is 10.8 Å². The molecule has 0 spiro atoms. The third-order valence-corrected chi connectivity index (χ3v) is 4.59. The second kappa shape index (κ2) is 10.5. The SMILES string of the molecule is CCOC(=O)c1c(C(=O)OCC)c(OCc2ccccc2)c2ccccc2c1OCC. The van der Waals surface area contributed by atoms with Crippen molar-refractivity contribution in [2.24, 2.45) is 0 Å². The molecule has 3 rings (SSSR count). The van der Waals surface area contributed by atoms with Crippen molar-refractivity contribution in [3.63, 3.8) is 0 Å². The zero-order chi connectivity index (χ0) is 22.2. The Bertz CT molecular complexity index is 1060. The maximum atomic E-state index is 13.0. The van der Waals surface area contributed by atoms with Gasteiger partial charge in [0, 0.05) is 10.8 Å². The molecule has 6 heteroatoms. The highest BCUT2D eigenvalue weighted by atomic mass is 16.5. The van der Waals surface area contributed by atoms with E-state index in [1.807, 2.05) is 61.5 Å². The minimum atomic E-state index is -0.666. The fourth-order valence-corrected chi connectivity index (χ4v) is 3.35. The van der Waals surface area contributed by atoms with Crippen molar-refractivity contribution in [1.29, 1.82) is 0 Å². The van der Waals surface area contributed by atoms with Gasteiger partial charge in [0.2, 0.25) is 0 Å². The normalized spacial score (nSPS) is 10.5. The molecule has 0 aromatic heterocycles. The van der Waals surface area contributed by atoms with Crippen molar-refractivity contribution >= 4 is 22.7 Å². The van der Waals surface area contributed by atoms with Gasteiger partial charge in [0.25, 0.3) is 0 Å². The van der Waals surface area contributed by atoms with Crippen LogP contribution in [0.15, 0.2) is 54.6 Å². The van der Waals surface area contributed by atoms with Gasteiger partial charge in [0.15, 0.2) is 0 Å². The topological polar surface area (TPSA) is 71.1 Å². The standard InChI is InChI=1S/C25H26O6/c1-4-28-22-18-14-10-11-15-19(18)23(31-16-17-12-8-7-9-13-17)21(25(27)30-6-3)20(22)24(26)29-5-2/h7-15H,4-6,16H2,1-3H3. The molecular formula is C25H26O6. The summed E-state index contributed by atoms with van der Waals surface area (Å²) in [6.45, 7) is 6.05. The van der Waals surface area contributed by atoms with E-state index in [0.29, 0.717) is 17.4 Å². The smallest absolute Gasteiger partial charge is 0.342 e. The van der Waals surface area contributed by atoms with Crippen LogP contribution in [0.3, 0.4) is 0 Å². The highest BCUT2D eigenvalue weighted by Crippen LogP contribution is 2.42. The number of ether oxygens (including phenoxy) is 4. The van der Waals surface area contributed by atoms with Crippen LogP contribution in [0, 0.1) is 0 Å². The van der Waals surface area contributed by atoms with E-state index in [1.165, 1.54) is 0 Å².